The predicted molar refractivity (Wildman–Crippen MR) is 87.6 cm³/mol. The Morgan fingerprint density at radius 2 is 2.22 bits per heavy atom. The number of ether oxygens (including phenoxy) is 1. The van der Waals surface area contributed by atoms with E-state index < -0.39 is 0 Å². The summed E-state index contributed by atoms with van der Waals surface area (Å²) in [4.78, 5) is 23.3. The molecule has 0 aliphatic carbocycles. The molecule has 1 saturated heterocycles. The highest BCUT2D eigenvalue weighted by Gasteiger charge is 2.26. The first-order valence-corrected chi connectivity index (χ1v) is 7.90. The van der Waals surface area contributed by atoms with Crippen molar-refractivity contribution in [1.29, 1.82) is 0 Å². The van der Waals surface area contributed by atoms with Crippen LogP contribution in [0.2, 0.25) is 0 Å². The van der Waals surface area contributed by atoms with Crippen molar-refractivity contribution >= 4 is 5.91 Å². The number of piperidine rings is 1. The second-order valence-electron chi connectivity index (χ2n) is 5.85. The lowest BCUT2D eigenvalue weighted by Gasteiger charge is -2.32. The third kappa shape index (κ3) is 3.50. The molecule has 1 atom stereocenters. The number of likely N-dealkylation sites (tertiary alicyclic amines) is 1. The molecule has 1 fully saturated rings. The predicted octanol–water partition coefficient (Wildman–Crippen LogP) is 2.81. The fraction of sp³-hybridized carbons (Fsp3) is 0.389. The first-order valence-electron chi connectivity index (χ1n) is 7.90. The number of carbonyl (C=O) groups is 1. The standard InChI is InChI=1S/C18H21N3O2/c1-13-19-9-8-17(20-13)15-6-4-10-21(12-15)18(22)14-5-3-7-16(11-14)23-2/h3,5,7-9,11,15H,4,6,10,12H2,1-2H3. The highest BCUT2D eigenvalue weighted by atomic mass is 16.5. The summed E-state index contributed by atoms with van der Waals surface area (Å²) in [5.74, 6) is 1.81. The molecule has 1 aliphatic heterocycles. The van der Waals surface area contributed by atoms with Crippen molar-refractivity contribution in [1.82, 2.24) is 14.9 Å². The molecule has 3 rings (SSSR count). The van der Waals surface area contributed by atoms with Crippen LogP contribution in [-0.4, -0.2) is 41.0 Å². The number of aromatic nitrogens is 2. The van der Waals surface area contributed by atoms with Gasteiger partial charge in [-0.05, 0) is 44.0 Å². The molecule has 2 aromatic rings. The highest BCUT2D eigenvalue weighted by molar-refractivity contribution is 5.94. The molecule has 1 aromatic carbocycles. The average Bonchev–Trinajstić information content (AvgIpc) is 2.61. The van der Waals surface area contributed by atoms with Gasteiger partial charge in [-0.3, -0.25) is 4.79 Å². The van der Waals surface area contributed by atoms with Gasteiger partial charge in [0.2, 0.25) is 0 Å². The van der Waals surface area contributed by atoms with E-state index in [9.17, 15) is 4.79 Å². The fourth-order valence-electron chi connectivity index (χ4n) is 3.04. The minimum absolute atomic E-state index is 0.0550. The molecule has 0 saturated carbocycles. The third-order valence-corrected chi connectivity index (χ3v) is 4.24. The van der Waals surface area contributed by atoms with Gasteiger partial charge in [0.15, 0.2) is 0 Å². The second kappa shape index (κ2) is 6.77. The zero-order valence-corrected chi connectivity index (χ0v) is 13.5. The number of rotatable bonds is 3. The molecule has 1 aliphatic rings. The number of benzene rings is 1. The van der Waals surface area contributed by atoms with E-state index in [-0.39, 0.29) is 11.8 Å². The van der Waals surface area contributed by atoms with Crippen LogP contribution in [0.3, 0.4) is 0 Å². The minimum Gasteiger partial charge on any atom is -0.497 e. The van der Waals surface area contributed by atoms with Crippen LogP contribution in [0.5, 0.6) is 5.75 Å². The Kier molecular flexibility index (Phi) is 4.55. The SMILES string of the molecule is COc1cccc(C(=O)N2CCCC(c3ccnc(C)n3)C2)c1. The van der Waals surface area contributed by atoms with E-state index in [4.69, 9.17) is 4.74 Å². The average molecular weight is 311 g/mol. The number of carbonyl (C=O) groups excluding carboxylic acids is 1. The Bertz CT molecular complexity index is 702. The van der Waals surface area contributed by atoms with Crippen LogP contribution in [0, 0.1) is 6.92 Å². The summed E-state index contributed by atoms with van der Waals surface area (Å²) in [6.07, 6.45) is 3.84. The van der Waals surface area contributed by atoms with Crippen molar-refractivity contribution in [2.75, 3.05) is 20.2 Å². The lowest BCUT2D eigenvalue weighted by molar-refractivity contribution is 0.0705. The van der Waals surface area contributed by atoms with Crippen molar-refractivity contribution in [2.45, 2.75) is 25.7 Å². The smallest absolute Gasteiger partial charge is 0.254 e. The summed E-state index contributed by atoms with van der Waals surface area (Å²) in [6.45, 7) is 3.38. The topological polar surface area (TPSA) is 55.3 Å². The lowest BCUT2D eigenvalue weighted by Crippen LogP contribution is -2.39. The van der Waals surface area contributed by atoms with E-state index in [1.165, 1.54) is 0 Å². The normalized spacial score (nSPS) is 17.8. The number of hydrogen-bond donors (Lipinski definition) is 0. The van der Waals surface area contributed by atoms with Crippen molar-refractivity contribution in [3.63, 3.8) is 0 Å². The molecule has 5 nitrogen and oxygen atoms in total. The molecule has 1 aromatic heterocycles. The van der Waals surface area contributed by atoms with Crippen LogP contribution < -0.4 is 4.74 Å². The zero-order valence-electron chi connectivity index (χ0n) is 13.5. The maximum absolute atomic E-state index is 12.7. The van der Waals surface area contributed by atoms with Gasteiger partial charge in [0.05, 0.1) is 7.11 Å². The van der Waals surface area contributed by atoms with Gasteiger partial charge < -0.3 is 9.64 Å². The van der Waals surface area contributed by atoms with E-state index in [2.05, 4.69) is 9.97 Å². The van der Waals surface area contributed by atoms with E-state index >= 15 is 0 Å². The van der Waals surface area contributed by atoms with Crippen LogP contribution in [0.4, 0.5) is 0 Å². The molecule has 1 amide bonds. The first kappa shape index (κ1) is 15.5. The number of amides is 1. The molecule has 5 heteroatoms. The molecule has 0 radical (unpaired) electrons. The maximum atomic E-state index is 12.7. The summed E-state index contributed by atoms with van der Waals surface area (Å²) in [7, 11) is 1.61. The molecule has 2 heterocycles. The van der Waals surface area contributed by atoms with Gasteiger partial charge in [0.1, 0.15) is 11.6 Å². The van der Waals surface area contributed by atoms with Crippen LogP contribution in [0.25, 0.3) is 0 Å². The van der Waals surface area contributed by atoms with Crippen LogP contribution in [-0.2, 0) is 0 Å². The Labute approximate surface area is 136 Å². The maximum Gasteiger partial charge on any atom is 0.254 e. The largest absolute Gasteiger partial charge is 0.497 e. The van der Waals surface area contributed by atoms with Crippen LogP contribution in [0.15, 0.2) is 36.5 Å². The highest BCUT2D eigenvalue weighted by Crippen LogP contribution is 2.27. The lowest BCUT2D eigenvalue weighted by atomic mass is 9.94. The second-order valence-corrected chi connectivity index (χ2v) is 5.85. The van der Waals surface area contributed by atoms with E-state index in [0.29, 0.717) is 17.9 Å². The van der Waals surface area contributed by atoms with Gasteiger partial charge in [0, 0.05) is 36.5 Å². The van der Waals surface area contributed by atoms with Crippen LogP contribution >= 0.6 is 0 Å². The number of nitrogens with zero attached hydrogens (tertiary/aromatic N) is 3. The Balaban J connectivity index is 1.76. The molecule has 23 heavy (non-hydrogen) atoms. The molecular formula is C18H21N3O2. The van der Waals surface area contributed by atoms with Gasteiger partial charge in [-0.25, -0.2) is 9.97 Å². The van der Waals surface area contributed by atoms with Crippen molar-refractivity contribution < 1.29 is 9.53 Å². The summed E-state index contributed by atoms with van der Waals surface area (Å²) in [5, 5.41) is 0. The quantitative estimate of drug-likeness (QED) is 0.874. The van der Waals surface area contributed by atoms with E-state index in [0.717, 1.165) is 30.9 Å². The summed E-state index contributed by atoms with van der Waals surface area (Å²) in [5.41, 5.74) is 1.70. The van der Waals surface area contributed by atoms with Gasteiger partial charge in [-0.15, -0.1) is 0 Å². The Hall–Kier alpha value is -2.43. The van der Waals surface area contributed by atoms with E-state index in [1.807, 2.05) is 36.1 Å². The molecule has 120 valence electrons. The van der Waals surface area contributed by atoms with Crippen molar-refractivity contribution in [3.8, 4) is 5.75 Å². The first-order chi connectivity index (χ1) is 11.2. The summed E-state index contributed by atoms with van der Waals surface area (Å²) >= 11 is 0. The van der Waals surface area contributed by atoms with Gasteiger partial charge >= 0.3 is 0 Å². The summed E-state index contributed by atoms with van der Waals surface area (Å²) < 4.78 is 5.21. The van der Waals surface area contributed by atoms with Crippen LogP contribution in [0.1, 0.15) is 40.6 Å². The molecule has 0 bridgehead atoms. The van der Waals surface area contributed by atoms with E-state index in [1.54, 1.807) is 19.4 Å². The Morgan fingerprint density at radius 1 is 1.35 bits per heavy atom. The van der Waals surface area contributed by atoms with Gasteiger partial charge in [-0.2, -0.15) is 0 Å². The molecule has 1 unspecified atom stereocenters. The Morgan fingerprint density at radius 3 is 3.00 bits per heavy atom. The van der Waals surface area contributed by atoms with Crippen molar-refractivity contribution in [2.24, 2.45) is 0 Å². The minimum atomic E-state index is 0.0550. The number of aryl methyl sites for hydroxylation is 1. The van der Waals surface area contributed by atoms with Gasteiger partial charge in [0.25, 0.3) is 5.91 Å². The van der Waals surface area contributed by atoms with Crippen molar-refractivity contribution in [3.05, 3.63) is 53.6 Å². The molecular weight excluding hydrogens is 290 g/mol. The zero-order chi connectivity index (χ0) is 16.2. The van der Waals surface area contributed by atoms with Gasteiger partial charge in [-0.1, -0.05) is 6.07 Å². The molecule has 0 N–H and O–H groups in total. The molecule has 0 spiro atoms. The number of methoxy groups -OCH3 is 1. The fourth-order valence-corrected chi connectivity index (χ4v) is 3.04. The third-order valence-electron chi connectivity index (χ3n) is 4.24. The number of hydrogen-bond acceptors (Lipinski definition) is 4. The summed E-state index contributed by atoms with van der Waals surface area (Å²) in [6, 6.07) is 9.28. The monoisotopic (exact) mass is 311 g/mol.